The zero-order chi connectivity index (χ0) is 13.5. The Kier molecular flexibility index (Phi) is 5.35. The van der Waals surface area contributed by atoms with E-state index < -0.39 is 12.6 Å². The number of carbonyl (C=O) groups is 1. The first-order chi connectivity index (χ1) is 8.60. The SMILES string of the molecule is COC(=O)CO.Oc1ccc(Cl)c2cccnc12. The van der Waals surface area contributed by atoms with Gasteiger partial charge >= 0.3 is 5.97 Å². The van der Waals surface area contributed by atoms with Crippen LogP contribution >= 0.6 is 11.6 Å². The monoisotopic (exact) mass is 269 g/mol. The molecule has 2 aromatic rings. The van der Waals surface area contributed by atoms with E-state index in [1.165, 1.54) is 13.2 Å². The number of aromatic nitrogens is 1. The second-order valence-electron chi connectivity index (χ2n) is 3.20. The lowest BCUT2D eigenvalue weighted by molar-refractivity contribution is -0.143. The predicted octanol–water partition coefficient (Wildman–Crippen LogP) is 1.75. The average Bonchev–Trinajstić information content (AvgIpc) is 2.43. The largest absolute Gasteiger partial charge is 0.506 e. The normalized spacial score (nSPS) is 9.50. The number of aliphatic hydroxyl groups is 1. The minimum absolute atomic E-state index is 0.162. The van der Waals surface area contributed by atoms with E-state index >= 15 is 0 Å². The van der Waals surface area contributed by atoms with Crippen molar-refractivity contribution < 1.29 is 19.7 Å². The molecule has 0 aliphatic rings. The minimum atomic E-state index is -0.602. The van der Waals surface area contributed by atoms with E-state index in [4.69, 9.17) is 16.7 Å². The first kappa shape index (κ1) is 14.2. The number of pyridine rings is 1. The molecule has 18 heavy (non-hydrogen) atoms. The molecule has 1 aromatic carbocycles. The van der Waals surface area contributed by atoms with Crippen LogP contribution in [0.2, 0.25) is 5.02 Å². The van der Waals surface area contributed by atoms with Crippen LogP contribution in [-0.2, 0) is 9.53 Å². The van der Waals surface area contributed by atoms with E-state index in [9.17, 15) is 9.90 Å². The van der Waals surface area contributed by atoms with Crippen LogP contribution in [0, 0.1) is 0 Å². The highest BCUT2D eigenvalue weighted by Crippen LogP contribution is 2.28. The summed E-state index contributed by atoms with van der Waals surface area (Å²) in [5.74, 6) is -0.440. The third-order valence-electron chi connectivity index (χ3n) is 2.05. The molecule has 1 aromatic heterocycles. The number of hydrogen-bond donors (Lipinski definition) is 2. The average molecular weight is 270 g/mol. The molecule has 0 amide bonds. The van der Waals surface area contributed by atoms with Gasteiger partial charge in [-0.2, -0.15) is 0 Å². The number of esters is 1. The molecule has 96 valence electrons. The summed E-state index contributed by atoms with van der Waals surface area (Å²) in [5, 5.41) is 18.6. The third-order valence-corrected chi connectivity index (χ3v) is 2.38. The van der Waals surface area contributed by atoms with Gasteiger partial charge in [0.2, 0.25) is 0 Å². The maximum atomic E-state index is 9.71. The Labute approximate surface area is 109 Å². The molecule has 0 atom stereocenters. The maximum Gasteiger partial charge on any atom is 0.331 e. The number of fused-ring (bicyclic) bond motifs is 1. The van der Waals surface area contributed by atoms with E-state index in [1.54, 1.807) is 18.3 Å². The molecule has 0 aliphatic heterocycles. The summed E-state index contributed by atoms with van der Waals surface area (Å²) in [5.41, 5.74) is 0.546. The van der Waals surface area contributed by atoms with Crippen molar-refractivity contribution in [1.82, 2.24) is 4.98 Å². The number of hydrogen-bond acceptors (Lipinski definition) is 5. The van der Waals surface area contributed by atoms with Crippen LogP contribution in [-0.4, -0.2) is 34.9 Å². The number of carbonyl (C=O) groups excluding carboxylic acids is 1. The summed E-state index contributed by atoms with van der Waals surface area (Å²) in [4.78, 5) is 13.7. The topological polar surface area (TPSA) is 79.7 Å². The number of aliphatic hydroxyl groups excluding tert-OH is 1. The van der Waals surface area contributed by atoms with Crippen LogP contribution in [0.15, 0.2) is 30.5 Å². The lowest BCUT2D eigenvalue weighted by atomic mass is 10.2. The highest BCUT2D eigenvalue weighted by Gasteiger charge is 2.02. The van der Waals surface area contributed by atoms with Gasteiger partial charge in [-0.05, 0) is 24.3 Å². The van der Waals surface area contributed by atoms with Crippen LogP contribution in [0.5, 0.6) is 5.75 Å². The Bertz CT molecular complexity index is 498. The quantitative estimate of drug-likeness (QED) is 0.771. The number of phenols is 1. The van der Waals surface area contributed by atoms with E-state index in [2.05, 4.69) is 9.72 Å². The zero-order valence-electron chi connectivity index (χ0n) is 9.63. The van der Waals surface area contributed by atoms with Crippen molar-refractivity contribution in [3.05, 3.63) is 35.5 Å². The zero-order valence-corrected chi connectivity index (χ0v) is 10.4. The highest BCUT2D eigenvalue weighted by atomic mass is 35.5. The van der Waals surface area contributed by atoms with Crippen molar-refractivity contribution in [2.45, 2.75) is 0 Å². The molecule has 0 unspecified atom stereocenters. The van der Waals surface area contributed by atoms with Crippen molar-refractivity contribution in [1.29, 1.82) is 0 Å². The van der Waals surface area contributed by atoms with Crippen molar-refractivity contribution in [2.24, 2.45) is 0 Å². The van der Waals surface area contributed by atoms with Gasteiger partial charge in [0.1, 0.15) is 17.9 Å². The lowest BCUT2D eigenvalue weighted by Gasteiger charge is -2.00. The summed E-state index contributed by atoms with van der Waals surface area (Å²) in [6.45, 7) is -0.531. The Balaban J connectivity index is 0.000000232. The molecule has 2 rings (SSSR count). The molecular weight excluding hydrogens is 258 g/mol. The van der Waals surface area contributed by atoms with Gasteiger partial charge in [0.05, 0.1) is 12.1 Å². The fourth-order valence-corrected chi connectivity index (χ4v) is 1.40. The Morgan fingerprint density at radius 1 is 1.44 bits per heavy atom. The Morgan fingerprint density at radius 2 is 2.17 bits per heavy atom. The van der Waals surface area contributed by atoms with Gasteiger partial charge in [-0.1, -0.05) is 11.6 Å². The number of halogens is 1. The molecule has 6 heteroatoms. The smallest absolute Gasteiger partial charge is 0.331 e. The van der Waals surface area contributed by atoms with E-state index in [0.29, 0.717) is 10.5 Å². The number of ether oxygens (including phenoxy) is 1. The first-order valence-electron chi connectivity index (χ1n) is 5.00. The van der Waals surface area contributed by atoms with Crippen molar-refractivity contribution >= 4 is 28.5 Å². The van der Waals surface area contributed by atoms with Crippen molar-refractivity contribution in [3.8, 4) is 5.75 Å². The summed E-state index contributed by atoms with van der Waals surface area (Å²) < 4.78 is 4.01. The van der Waals surface area contributed by atoms with Gasteiger partial charge in [0.25, 0.3) is 0 Å². The molecule has 2 N–H and O–H groups in total. The van der Waals surface area contributed by atoms with E-state index in [0.717, 1.165) is 5.39 Å². The standard InChI is InChI=1S/C9H6ClNO.C3H6O3/c10-7-3-4-8(12)9-6(7)2-1-5-11-9;1-6-3(5)2-4/h1-5,12H;4H,2H2,1H3. The molecule has 0 fully saturated rings. The molecule has 0 saturated carbocycles. The number of methoxy groups -OCH3 is 1. The first-order valence-corrected chi connectivity index (χ1v) is 5.37. The Morgan fingerprint density at radius 3 is 2.67 bits per heavy atom. The second kappa shape index (κ2) is 6.78. The minimum Gasteiger partial charge on any atom is -0.506 e. The number of benzene rings is 1. The number of nitrogens with zero attached hydrogens (tertiary/aromatic N) is 1. The fourth-order valence-electron chi connectivity index (χ4n) is 1.19. The van der Waals surface area contributed by atoms with Crippen LogP contribution < -0.4 is 0 Å². The molecule has 5 nitrogen and oxygen atoms in total. The molecule has 0 aliphatic carbocycles. The number of rotatable bonds is 1. The summed E-state index contributed by atoms with van der Waals surface area (Å²) in [6, 6.07) is 6.80. The van der Waals surface area contributed by atoms with Gasteiger partial charge < -0.3 is 14.9 Å². The van der Waals surface area contributed by atoms with E-state index in [1.807, 2.05) is 6.07 Å². The second-order valence-corrected chi connectivity index (χ2v) is 3.61. The summed E-state index contributed by atoms with van der Waals surface area (Å²) in [6.07, 6.45) is 1.62. The van der Waals surface area contributed by atoms with Crippen LogP contribution in [0.4, 0.5) is 0 Å². The molecule has 1 heterocycles. The molecule has 0 saturated heterocycles. The highest BCUT2D eigenvalue weighted by molar-refractivity contribution is 6.35. The van der Waals surface area contributed by atoms with E-state index in [-0.39, 0.29) is 5.75 Å². The molecule has 0 bridgehead atoms. The van der Waals surface area contributed by atoms with Gasteiger partial charge in [-0.15, -0.1) is 0 Å². The third kappa shape index (κ3) is 3.58. The molecular formula is C12H12ClNO4. The van der Waals surface area contributed by atoms with Gasteiger partial charge in [0.15, 0.2) is 0 Å². The summed E-state index contributed by atoms with van der Waals surface area (Å²) in [7, 11) is 1.22. The van der Waals surface area contributed by atoms with Gasteiger partial charge in [-0.3, -0.25) is 4.98 Å². The fraction of sp³-hybridized carbons (Fsp3) is 0.167. The number of phenolic OH excluding ortho intramolecular Hbond substituents is 1. The van der Waals surface area contributed by atoms with Crippen LogP contribution in [0.25, 0.3) is 10.9 Å². The molecule has 0 radical (unpaired) electrons. The van der Waals surface area contributed by atoms with Crippen LogP contribution in [0.1, 0.15) is 0 Å². The lowest BCUT2D eigenvalue weighted by Crippen LogP contribution is -2.04. The maximum absolute atomic E-state index is 9.71. The Hall–Kier alpha value is -1.85. The predicted molar refractivity (Wildman–Crippen MR) is 67.5 cm³/mol. The van der Waals surface area contributed by atoms with Crippen LogP contribution in [0.3, 0.4) is 0 Å². The molecule has 0 spiro atoms. The van der Waals surface area contributed by atoms with Crippen molar-refractivity contribution in [3.63, 3.8) is 0 Å². The number of aromatic hydroxyl groups is 1. The van der Waals surface area contributed by atoms with Crippen molar-refractivity contribution in [2.75, 3.05) is 13.7 Å². The summed E-state index contributed by atoms with van der Waals surface area (Å²) >= 11 is 5.88. The van der Waals surface area contributed by atoms with Gasteiger partial charge in [0, 0.05) is 11.6 Å². The van der Waals surface area contributed by atoms with Gasteiger partial charge in [-0.25, -0.2) is 4.79 Å².